The summed E-state index contributed by atoms with van der Waals surface area (Å²) in [5.74, 6) is 1.10. The largest absolute Gasteiger partial charge is 0.454 e. The molecule has 0 atom stereocenters. The lowest BCUT2D eigenvalue weighted by Gasteiger charge is -2.08. The molecule has 3 aromatic rings. The van der Waals surface area contributed by atoms with E-state index in [2.05, 4.69) is 26.2 Å². The lowest BCUT2D eigenvalue weighted by molar-refractivity contribution is 0.102. The van der Waals surface area contributed by atoms with Gasteiger partial charge in [0.15, 0.2) is 11.5 Å². The van der Waals surface area contributed by atoms with Crippen molar-refractivity contribution >= 4 is 33.2 Å². The van der Waals surface area contributed by atoms with Gasteiger partial charge in [0, 0.05) is 22.4 Å². The quantitative estimate of drug-likeness (QED) is 0.721. The summed E-state index contributed by atoms with van der Waals surface area (Å²) < 4.78 is 13.4. The molecule has 1 N–H and O–H groups in total. The van der Waals surface area contributed by atoms with Crippen LogP contribution in [0.3, 0.4) is 0 Å². The van der Waals surface area contributed by atoms with Crippen LogP contribution in [0.2, 0.25) is 0 Å². The molecular weight excluding hydrogens is 386 g/mol. The molecule has 25 heavy (non-hydrogen) atoms. The van der Waals surface area contributed by atoms with Gasteiger partial charge in [-0.3, -0.25) is 9.20 Å². The predicted octanol–water partition coefficient (Wildman–Crippen LogP) is 3.95. The van der Waals surface area contributed by atoms with Crippen molar-refractivity contribution < 1.29 is 14.3 Å². The van der Waals surface area contributed by atoms with Crippen LogP contribution in [0, 0.1) is 6.92 Å². The van der Waals surface area contributed by atoms with Crippen molar-refractivity contribution in [3.8, 4) is 11.5 Å². The van der Waals surface area contributed by atoms with Gasteiger partial charge >= 0.3 is 0 Å². The minimum atomic E-state index is -0.208. The molecule has 0 aliphatic carbocycles. The average Bonchev–Trinajstić information content (AvgIpc) is 3.18. The van der Waals surface area contributed by atoms with Crippen molar-refractivity contribution in [3.63, 3.8) is 0 Å². The van der Waals surface area contributed by atoms with Crippen molar-refractivity contribution in [3.05, 3.63) is 51.9 Å². The van der Waals surface area contributed by atoms with E-state index in [1.807, 2.05) is 30.5 Å². The Morgan fingerprint density at radius 1 is 1.32 bits per heavy atom. The van der Waals surface area contributed by atoms with Crippen LogP contribution < -0.4 is 14.8 Å². The lowest BCUT2D eigenvalue weighted by atomic mass is 10.2. The van der Waals surface area contributed by atoms with E-state index in [0.717, 1.165) is 21.4 Å². The van der Waals surface area contributed by atoms with E-state index < -0.39 is 0 Å². The molecule has 0 saturated carbocycles. The molecule has 0 fully saturated rings. The normalized spacial score (nSPS) is 12.6. The van der Waals surface area contributed by atoms with Gasteiger partial charge in [-0.2, -0.15) is 0 Å². The maximum absolute atomic E-state index is 12.9. The van der Waals surface area contributed by atoms with Crippen LogP contribution in [-0.2, 0) is 6.42 Å². The summed E-state index contributed by atoms with van der Waals surface area (Å²) in [6.45, 7) is 4.17. The predicted molar refractivity (Wildman–Crippen MR) is 97.5 cm³/mol. The first kappa shape index (κ1) is 16.0. The Kier molecular flexibility index (Phi) is 3.88. The standard InChI is InChI=1S/C18H16BrN3O3/c1-3-13-16(22-8-11(19)6-10(2)17(22)21-13)18(23)20-12-4-5-14-15(7-12)25-9-24-14/h4-8H,3,9H2,1-2H3,(H,20,23). The molecule has 3 heterocycles. The molecule has 0 unspecified atom stereocenters. The Morgan fingerprint density at radius 3 is 2.92 bits per heavy atom. The van der Waals surface area contributed by atoms with Crippen LogP contribution in [0.15, 0.2) is 34.9 Å². The summed E-state index contributed by atoms with van der Waals surface area (Å²) in [7, 11) is 0. The number of hydrogen-bond donors (Lipinski definition) is 1. The summed E-state index contributed by atoms with van der Waals surface area (Å²) in [4.78, 5) is 17.6. The van der Waals surface area contributed by atoms with Crippen molar-refractivity contribution in [2.45, 2.75) is 20.3 Å². The summed E-state index contributed by atoms with van der Waals surface area (Å²) in [6, 6.07) is 7.33. The molecule has 2 aromatic heterocycles. The van der Waals surface area contributed by atoms with Crippen LogP contribution in [0.4, 0.5) is 5.69 Å². The van der Waals surface area contributed by atoms with Gasteiger partial charge in [0.1, 0.15) is 11.3 Å². The van der Waals surface area contributed by atoms with Gasteiger partial charge in [0.05, 0.1) is 5.69 Å². The van der Waals surface area contributed by atoms with Crippen LogP contribution in [-0.4, -0.2) is 22.1 Å². The second kappa shape index (κ2) is 6.07. The molecule has 0 bridgehead atoms. The number of nitrogens with zero attached hydrogens (tertiary/aromatic N) is 2. The number of anilines is 1. The maximum Gasteiger partial charge on any atom is 0.274 e. The smallest absolute Gasteiger partial charge is 0.274 e. The Labute approximate surface area is 152 Å². The fourth-order valence-corrected chi connectivity index (χ4v) is 3.52. The summed E-state index contributed by atoms with van der Waals surface area (Å²) in [5, 5.41) is 2.93. The van der Waals surface area contributed by atoms with E-state index in [1.54, 1.807) is 18.2 Å². The molecule has 1 aliphatic rings. The Morgan fingerprint density at radius 2 is 2.12 bits per heavy atom. The van der Waals surface area contributed by atoms with Crippen molar-refractivity contribution in [2.24, 2.45) is 0 Å². The number of fused-ring (bicyclic) bond motifs is 2. The van der Waals surface area contributed by atoms with E-state index in [-0.39, 0.29) is 12.7 Å². The zero-order valence-corrected chi connectivity index (χ0v) is 15.4. The number of amides is 1. The van der Waals surface area contributed by atoms with Gasteiger partial charge in [-0.1, -0.05) is 6.92 Å². The third-order valence-electron chi connectivity index (χ3n) is 4.12. The SMILES string of the molecule is CCc1nc2c(C)cc(Br)cn2c1C(=O)Nc1ccc2c(c1)OCO2. The summed E-state index contributed by atoms with van der Waals surface area (Å²) >= 11 is 3.49. The highest BCUT2D eigenvalue weighted by molar-refractivity contribution is 9.10. The van der Waals surface area contributed by atoms with Gasteiger partial charge in [-0.15, -0.1) is 0 Å². The van der Waals surface area contributed by atoms with E-state index in [9.17, 15) is 4.79 Å². The first-order valence-electron chi connectivity index (χ1n) is 7.95. The molecule has 1 aliphatic heterocycles. The van der Waals surface area contributed by atoms with E-state index in [1.165, 1.54) is 0 Å². The number of rotatable bonds is 3. The van der Waals surface area contributed by atoms with Crippen molar-refractivity contribution in [1.82, 2.24) is 9.38 Å². The first-order valence-corrected chi connectivity index (χ1v) is 8.74. The molecular formula is C18H16BrN3O3. The molecule has 0 radical (unpaired) electrons. The van der Waals surface area contributed by atoms with Gasteiger partial charge in [0.2, 0.25) is 6.79 Å². The topological polar surface area (TPSA) is 64.9 Å². The second-order valence-corrected chi connectivity index (χ2v) is 6.73. The van der Waals surface area contributed by atoms with Crippen LogP contribution in [0.5, 0.6) is 11.5 Å². The van der Waals surface area contributed by atoms with Gasteiger partial charge in [-0.25, -0.2) is 4.98 Å². The molecule has 128 valence electrons. The summed E-state index contributed by atoms with van der Waals surface area (Å²) in [6.07, 6.45) is 2.53. The fourth-order valence-electron chi connectivity index (χ4n) is 2.97. The minimum absolute atomic E-state index is 0.202. The third-order valence-corrected chi connectivity index (χ3v) is 4.56. The van der Waals surface area contributed by atoms with E-state index >= 15 is 0 Å². The number of aryl methyl sites for hydroxylation is 2. The zero-order chi connectivity index (χ0) is 17.6. The van der Waals surface area contributed by atoms with Crippen molar-refractivity contribution in [1.29, 1.82) is 0 Å². The Balaban J connectivity index is 1.74. The molecule has 4 rings (SSSR count). The molecule has 0 spiro atoms. The number of imidazole rings is 1. The number of halogens is 1. The van der Waals surface area contributed by atoms with Crippen molar-refractivity contribution in [2.75, 3.05) is 12.1 Å². The lowest BCUT2D eigenvalue weighted by Crippen LogP contribution is -2.16. The number of aromatic nitrogens is 2. The first-order chi connectivity index (χ1) is 12.1. The highest BCUT2D eigenvalue weighted by Gasteiger charge is 2.21. The number of nitrogens with one attached hydrogen (secondary N) is 1. The molecule has 0 saturated heterocycles. The van der Waals surface area contributed by atoms with Crippen LogP contribution in [0.1, 0.15) is 28.7 Å². The molecule has 1 amide bonds. The highest BCUT2D eigenvalue weighted by Crippen LogP contribution is 2.34. The Hall–Kier alpha value is -2.54. The number of ether oxygens (including phenoxy) is 2. The number of pyridine rings is 1. The third kappa shape index (κ3) is 2.74. The average molecular weight is 402 g/mol. The number of benzene rings is 1. The molecule has 6 nitrogen and oxygen atoms in total. The number of hydrogen-bond acceptors (Lipinski definition) is 4. The second-order valence-electron chi connectivity index (χ2n) is 5.82. The highest BCUT2D eigenvalue weighted by atomic mass is 79.9. The van der Waals surface area contributed by atoms with E-state index in [4.69, 9.17) is 9.47 Å². The summed E-state index contributed by atoms with van der Waals surface area (Å²) in [5.41, 5.74) is 3.75. The maximum atomic E-state index is 12.9. The minimum Gasteiger partial charge on any atom is -0.454 e. The van der Waals surface area contributed by atoms with Gasteiger partial charge in [0.25, 0.3) is 5.91 Å². The van der Waals surface area contributed by atoms with Gasteiger partial charge in [-0.05, 0) is 53.0 Å². The monoisotopic (exact) mass is 401 g/mol. The fraction of sp³-hybridized carbons (Fsp3) is 0.222. The Bertz CT molecular complexity index is 997. The number of carbonyl (C=O) groups excluding carboxylic acids is 1. The molecule has 1 aromatic carbocycles. The van der Waals surface area contributed by atoms with E-state index in [0.29, 0.717) is 29.3 Å². The number of carbonyl (C=O) groups is 1. The molecule has 7 heteroatoms. The van der Waals surface area contributed by atoms with Crippen LogP contribution in [0.25, 0.3) is 5.65 Å². The zero-order valence-electron chi connectivity index (χ0n) is 13.8. The van der Waals surface area contributed by atoms with Crippen LogP contribution >= 0.6 is 15.9 Å². The van der Waals surface area contributed by atoms with Gasteiger partial charge < -0.3 is 14.8 Å².